The zero-order valence-corrected chi connectivity index (χ0v) is 17.6. The van der Waals surface area contributed by atoms with Crippen molar-refractivity contribution in [2.24, 2.45) is 0 Å². The van der Waals surface area contributed by atoms with E-state index in [0.29, 0.717) is 23.6 Å². The van der Waals surface area contributed by atoms with Crippen LogP contribution >= 0.6 is 11.3 Å². The second-order valence-electron chi connectivity index (χ2n) is 6.43. The third-order valence-electron chi connectivity index (χ3n) is 4.16. The number of aryl methyl sites for hydroxylation is 1. The van der Waals surface area contributed by atoms with Crippen LogP contribution in [-0.4, -0.2) is 18.5 Å². The maximum Gasteiger partial charge on any atom is 0.331 e. The van der Waals surface area contributed by atoms with Crippen molar-refractivity contribution in [1.29, 1.82) is 0 Å². The number of carbonyl (C=O) groups excluding carboxylic acids is 2. The molecule has 5 nitrogen and oxygen atoms in total. The molecule has 154 valence electrons. The fourth-order valence-electron chi connectivity index (χ4n) is 2.80. The average Bonchev–Trinajstić information content (AvgIpc) is 3.18. The van der Waals surface area contributed by atoms with E-state index >= 15 is 0 Å². The molecule has 2 aromatic carbocycles. The average molecular weight is 422 g/mol. The zero-order valence-electron chi connectivity index (χ0n) is 16.8. The molecule has 0 aliphatic heterocycles. The number of esters is 1. The number of ether oxygens (including phenoxy) is 2. The van der Waals surface area contributed by atoms with Gasteiger partial charge in [0.2, 0.25) is 6.10 Å². The van der Waals surface area contributed by atoms with Gasteiger partial charge in [0.25, 0.3) is 5.91 Å². The molecular formula is C24H23NO4S. The van der Waals surface area contributed by atoms with Crippen molar-refractivity contribution in [3.05, 3.63) is 88.1 Å². The van der Waals surface area contributed by atoms with Crippen molar-refractivity contribution in [2.75, 3.05) is 11.9 Å². The first kappa shape index (κ1) is 21.3. The third kappa shape index (κ3) is 5.81. The molecule has 3 aromatic rings. The van der Waals surface area contributed by atoms with Gasteiger partial charge < -0.3 is 14.8 Å². The van der Waals surface area contributed by atoms with Gasteiger partial charge in [0.15, 0.2) is 0 Å². The minimum atomic E-state index is -1.09. The number of carbonyl (C=O) groups is 2. The van der Waals surface area contributed by atoms with Crippen LogP contribution in [0.4, 0.5) is 5.69 Å². The van der Waals surface area contributed by atoms with Gasteiger partial charge in [0, 0.05) is 21.4 Å². The van der Waals surface area contributed by atoms with E-state index in [0.717, 1.165) is 9.75 Å². The second kappa shape index (κ2) is 10.4. The molecule has 0 aliphatic carbocycles. The van der Waals surface area contributed by atoms with E-state index in [-0.39, 0.29) is 0 Å². The highest BCUT2D eigenvalue weighted by Crippen LogP contribution is 2.27. The van der Waals surface area contributed by atoms with Crippen molar-refractivity contribution in [3.63, 3.8) is 0 Å². The number of benzene rings is 2. The fourth-order valence-corrected chi connectivity index (χ4v) is 3.58. The molecule has 0 fully saturated rings. The molecule has 0 spiro atoms. The summed E-state index contributed by atoms with van der Waals surface area (Å²) in [4.78, 5) is 27.5. The summed E-state index contributed by atoms with van der Waals surface area (Å²) in [5.41, 5.74) is 1.10. The number of hydrogen-bond donors (Lipinski definition) is 1. The standard InChI is InChI=1S/C24H23NO4S/c1-3-28-21-12-8-7-11-20(21)25-24(27)23(18-9-5-4-6-10-18)29-22(26)16-15-19-14-13-17(2)30-19/h4-16,23H,3H2,1-2H3,(H,25,27)/b16-15+. The molecule has 1 heterocycles. The molecule has 1 amide bonds. The lowest BCUT2D eigenvalue weighted by Crippen LogP contribution is -2.25. The molecule has 0 bridgehead atoms. The number of nitrogens with one attached hydrogen (secondary N) is 1. The third-order valence-corrected chi connectivity index (χ3v) is 5.13. The smallest absolute Gasteiger partial charge is 0.331 e. The number of para-hydroxylation sites is 2. The van der Waals surface area contributed by atoms with Crippen LogP contribution in [0.5, 0.6) is 5.75 Å². The lowest BCUT2D eigenvalue weighted by atomic mass is 10.1. The summed E-state index contributed by atoms with van der Waals surface area (Å²) in [6.45, 7) is 4.34. The number of hydrogen-bond acceptors (Lipinski definition) is 5. The number of rotatable bonds is 8. The van der Waals surface area contributed by atoms with Gasteiger partial charge in [-0.2, -0.15) is 0 Å². The molecule has 1 unspecified atom stereocenters. The van der Waals surface area contributed by atoms with E-state index < -0.39 is 18.0 Å². The van der Waals surface area contributed by atoms with E-state index in [4.69, 9.17) is 9.47 Å². The highest BCUT2D eigenvalue weighted by molar-refractivity contribution is 7.12. The Hall–Kier alpha value is -3.38. The molecule has 0 radical (unpaired) electrons. The van der Waals surface area contributed by atoms with E-state index in [1.165, 1.54) is 6.08 Å². The Morgan fingerprint density at radius 2 is 1.77 bits per heavy atom. The SMILES string of the molecule is CCOc1ccccc1NC(=O)C(OC(=O)/C=C/c1ccc(C)s1)c1ccccc1. The second-order valence-corrected chi connectivity index (χ2v) is 7.75. The Bertz CT molecular complexity index is 1030. The molecule has 0 saturated carbocycles. The number of amides is 1. The summed E-state index contributed by atoms with van der Waals surface area (Å²) in [5, 5.41) is 2.81. The lowest BCUT2D eigenvalue weighted by molar-refractivity contribution is -0.149. The van der Waals surface area contributed by atoms with Gasteiger partial charge in [0.05, 0.1) is 12.3 Å². The van der Waals surface area contributed by atoms with Crippen molar-refractivity contribution < 1.29 is 19.1 Å². The Morgan fingerprint density at radius 3 is 2.47 bits per heavy atom. The fraction of sp³-hybridized carbons (Fsp3) is 0.167. The molecule has 6 heteroatoms. The minimum Gasteiger partial charge on any atom is -0.492 e. The predicted octanol–water partition coefficient (Wildman–Crippen LogP) is 5.39. The first-order valence-electron chi connectivity index (χ1n) is 9.59. The van der Waals surface area contributed by atoms with Crippen LogP contribution in [0.15, 0.2) is 72.8 Å². The van der Waals surface area contributed by atoms with E-state index in [2.05, 4.69) is 5.32 Å². The van der Waals surface area contributed by atoms with Crippen molar-refractivity contribution in [1.82, 2.24) is 0 Å². The summed E-state index contributed by atoms with van der Waals surface area (Å²) < 4.78 is 11.1. The van der Waals surface area contributed by atoms with Crippen LogP contribution in [0.25, 0.3) is 6.08 Å². The van der Waals surface area contributed by atoms with Crippen molar-refractivity contribution in [3.8, 4) is 5.75 Å². The molecule has 1 atom stereocenters. The molecule has 1 N–H and O–H groups in total. The molecule has 3 rings (SSSR count). The van der Waals surface area contributed by atoms with Crippen LogP contribution in [0.2, 0.25) is 0 Å². The Morgan fingerprint density at radius 1 is 1.03 bits per heavy atom. The first-order valence-corrected chi connectivity index (χ1v) is 10.4. The number of anilines is 1. The maximum absolute atomic E-state index is 13.0. The normalized spacial score (nSPS) is 11.8. The largest absolute Gasteiger partial charge is 0.492 e. The lowest BCUT2D eigenvalue weighted by Gasteiger charge is -2.18. The van der Waals surface area contributed by atoms with Gasteiger partial charge in [-0.1, -0.05) is 42.5 Å². The van der Waals surface area contributed by atoms with Gasteiger partial charge in [-0.25, -0.2) is 4.79 Å². The topological polar surface area (TPSA) is 64.6 Å². The quantitative estimate of drug-likeness (QED) is 0.391. The summed E-state index contributed by atoms with van der Waals surface area (Å²) in [5.74, 6) is -0.496. The minimum absolute atomic E-state index is 0.456. The van der Waals surface area contributed by atoms with Crippen LogP contribution in [0.1, 0.15) is 28.3 Å². The molecule has 30 heavy (non-hydrogen) atoms. The molecular weight excluding hydrogens is 398 g/mol. The van der Waals surface area contributed by atoms with E-state index in [9.17, 15) is 9.59 Å². The summed E-state index contributed by atoms with van der Waals surface area (Å²) in [7, 11) is 0. The van der Waals surface area contributed by atoms with Crippen molar-refractivity contribution >= 4 is 35.0 Å². The molecule has 0 saturated heterocycles. The highest BCUT2D eigenvalue weighted by atomic mass is 32.1. The first-order chi connectivity index (χ1) is 14.6. The summed E-state index contributed by atoms with van der Waals surface area (Å²) in [6, 6.07) is 20.0. The van der Waals surface area contributed by atoms with Gasteiger partial charge >= 0.3 is 5.97 Å². The van der Waals surface area contributed by atoms with Crippen LogP contribution in [-0.2, 0) is 14.3 Å². The number of thiophene rings is 1. The van der Waals surface area contributed by atoms with Gasteiger partial charge in [0.1, 0.15) is 5.75 Å². The molecule has 1 aromatic heterocycles. The van der Waals surface area contributed by atoms with Gasteiger partial charge in [-0.3, -0.25) is 4.79 Å². The van der Waals surface area contributed by atoms with Crippen LogP contribution in [0, 0.1) is 6.92 Å². The highest BCUT2D eigenvalue weighted by Gasteiger charge is 2.25. The Labute approximate surface area is 180 Å². The van der Waals surface area contributed by atoms with Crippen molar-refractivity contribution in [2.45, 2.75) is 20.0 Å². The summed E-state index contributed by atoms with van der Waals surface area (Å²) >= 11 is 1.57. The predicted molar refractivity (Wildman–Crippen MR) is 120 cm³/mol. The van der Waals surface area contributed by atoms with Crippen LogP contribution < -0.4 is 10.1 Å². The van der Waals surface area contributed by atoms with Gasteiger partial charge in [-0.15, -0.1) is 11.3 Å². The Balaban J connectivity index is 1.78. The zero-order chi connectivity index (χ0) is 21.3. The van der Waals surface area contributed by atoms with E-state index in [1.807, 2.05) is 38.1 Å². The molecule has 0 aliphatic rings. The van der Waals surface area contributed by atoms with E-state index in [1.54, 1.807) is 59.9 Å². The van der Waals surface area contributed by atoms with Gasteiger partial charge in [-0.05, 0) is 44.2 Å². The van der Waals surface area contributed by atoms with Crippen LogP contribution in [0.3, 0.4) is 0 Å². The maximum atomic E-state index is 13.0. The Kier molecular flexibility index (Phi) is 7.40. The summed E-state index contributed by atoms with van der Waals surface area (Å²) in [6.07, 6.45) is 1.93. The monoisotopic (exact) mass is 421 g/mol.